The Morgan fingerprint density at radius 3 is 2.05 bits per heavy atom. The van der Waals surface area contributed by atoms with E-state index in [1.807, 2.05) is 6.92 Å². The zero-order chi connectivity index (χ0) is 15.5. The molecule has 0 aromatic carbocycles. The summed E-state index contributed by atoms with van der Waals surface area (Å²) in [5.41, 5.74) is 0. The van der Waals surface area contributed by atoms with E-state index >= 15 is 0 Å². The van der Waals surface area contributed by atoms with Gasteiger partial charge in [-0.25, -0.2) is 0 Å². The highest BCUT2D eigenvalue weighted by Crippen LogP contribution is 2.13. The second-order valence-corrected chi connectivity index (χ2v) is 4.97. The van der Waals surface area contributed by atoms with Crippen LogP contribution in [0.1, 0.15) is 53.4 Å². The summed E-state index contributed by atoms with van der Waals surface area (Å²) in [6, 6.07) is 0. The first-order valence-electron chi connectivity index (χ1n) is 8.23. The summed E-state index contributed by atoms with van der Waals surface area (Å²) < 4.78 is 0. The van der Waals surface area contributed by atoms with E-state index in [2.05, 4.69) is 51.3 Å². The molecule has 120 valence electrons. The van der Waals surface area contributed by atoms with Crippen molar-refractivity contribution in [1.82, 2.24) is 15.0 Å². The molecule has 0 radical (unpaired) electrons. The van der Waals surface area contributed by atoms with Crippen LogP contribution < -0.4 is 15.5 Å². The van der Waals surface area contributed by atoms with Crippen molar-refractivity contribution in [3.05, 3.63) is 0 Å². The zero-order valence-corrected chi connectivity index (χ0v) is 13.9. The Morgan fingerprint density at radius 1 is 0.810 bits per heavy atom. The summed E-state index contributed by atoms with van der Waals surface area (Å²) in [6.07, 6.45) is 4.93. The topological polar surface area (TPSA) is 66.0 Å². The van der Waals surface area contributed by atoms with Crippen LogP contribution in [0.15, 0.2) is 0 Å². The van der Waals surface area contributed by atoms with Gasteiger partial charge in [-0.05, 0) is 27.2 Å². The number of rotatable bonds is 11. The number of unbranched alkanes of at least 4 members (excludes halogenated alkanes) is 3. The van der Waals surface area contributed by atoms with Crippen molar-refractivity contribution in [3.8, 4) is 0 Å². The summed E-state index contributed by atoms with van der Waals surface area (Å²) in [7, 11) is 0. The molecule has 1 aromatic rings. The lowest BCUT2D eigenvalue weighted by Crippen LogP contribution is -2.25. The third-order valence-electron chi connectivity index (χ3n) is 3.32. The molecule has 0 fully saturated rings. The highest BCUT2D eigenvalue weighted by atomic mass is 15.3. The first-order chi connectivity index (χ1) is 10.2. The number of hydrogen-bond donors (Lipinski definition) is 2. The van der Waals surface area contributed by atoms with Crippen LogP contribution in [0.4, 0.5) is 17.8 Å². The van der Waals surface area contributed by atoms with Crippen LogP contribution >= 0.6 is 0 Å². The fraction of sp³-hybridized carbons (Fsp3) is 0.800. The molecule has 21 heavy (non-hydrogen) atoms. The van der Waals surface area contributed by atoms with Crippen molar-refractivity contribution >= 4 is 17.8 Å². The van der Waals surface area contributed by atoms with Gasteiger partial charge in [0.2, 0.25) is 17.8 Å². The summed E-state index contributed by atoms with van der Waals surface area (Å²) in [4.78, 5) is 15.6. The Bertz CT molecular complexity index is 392. The maximum atomic E-state index is 4.53. The molecule has 0 saturated carbocycles. The quantitative estimate of drug-likeness (QED) is 0.611. The lowest BCUT2D eigenvalue weighted by Gasteiger charge is -2.19. The number of nitrogens with one attached hydrogen (secondary N) is 2. The van der Waals surface area contributed by atoms with Gasteiger partial charge in [-0.15, -0.1) is 0 Å². The van der Waals surface area contributed by atoms with Gasteiger partial charge in [0.1, 0.15) is 0 Å². The van der Waals surface area contributed by atoms with Gasteiger partial charge in [0, 0.05) is 26.2 Å². The van der Waals surface area contributed by atoms with E-state index in [-0.39, 0.29) is 0 Å². The van der Waals surface area contributed by atoms with Gasteiger partial charge >= 0.3 is 0 Å². The normalized spacial score (nSPS) is 10.5. The summed E-state index contributed by atoms with van der Waals surface area (Å²) in [5, 5.41) is 6.49. The number of aromatic nitrogens is 3. The minimum absolute atomic E-state index is 0.644. The maximum Gasteiger partial charge on any atom is 0.231 e. The molecule has 1 rings (SSSR count). The Morgan fingerprint density at radius 2 is 1.48 bits per heavy atom. The van der Waals surface area contributed by atoms with Crippen LogP contribution in [-0.4, -0.2) is 41.1 Å². The van der Waals surface area contributed by atoms with E-state index in [0.717, 1.165) is 38.5 Å². The summed E-state index contributed by atoms with van der Waals surface area (Å²) in [6.45, 7) is 12.0. The molecule has 0 aliphatic rings. The Kier molecular flexibility index (Phi) is 8.47. The number of anilines is 3. The molecule has 2 N–H and O–H groups in total. The fourth-order valence-electron chi connectivity index (χ4n) is 2.08. The van der Waals surface area contributed by atoms with Gasteiger partial charge in [-0.2, -0.15) is 15.0 Å². The molecule has 6 heteroatoms. The van der Waals surface area contributed by atoms with Crippen LogP contribution in [0.3, 0.4) is 0 Å². The summed E-state index contributed by atoms with van der Waals surface area (Å²) >= 11 is 0. The van der Waals surface area contributed by atoms with Crippen LogP contribution in [0.2, 0.25) is 0 Å². The second-order valence-electron chi connectivity index (χ2n) is 4.97. The molecule has 0 atom stereocenters. The number of hydrogen-bond acceptors (Lipinski definition) is 6. The SMILES string of the molecule is CCCCCCNc1nc(NCC)nc(N(CC)CC)n1. The lowest BCUT2D eigenvalue weighted by atomic mass is 10.2. The standard InChI is InChI=1S/C15H30N6/c1-5-9-10-11-12-17-14-18-13(16-6-2)19-15(20-14)21(7-3)8-4/h5-12H2,1-4H3,(H2,16,17,18,19,20). The zero-order valence-electron chi connectivity index (χ0n) is 13.9. The minimum Gasteiger partial charge on any atom is -0.354 e. The predicted octanol–water partition coefficient (Wildman–Crippen LogP) is 3.14. The molecule has 0 spiro atoms. The van der Waals surface area contributed by atoms with Gasteiger partial charge in [0.05, 0.1) is 0 Å². The van der Waals surface area contributed by atoms with Gasteiger partial charge in [-0.3, -0.25) is 0 Å². The molecule has 1 aromatic heterocycles. The highest BCUT2D eigenvalue weighted by molar-refractivity contribution is 5.43. The molecule has 0 aliphatic heterocycles. The first-order valence-corrected chi connectivity index (χ1v) is 8.23. The average Bonchev–Trinajstić information content (AvgIpc) is 2.48. The molecule has 1 heterocycles. The third-order valence-corrected chi connectivity index (χ3v) is 3.32. The lowest BCUT2D eigenvalue weighted by molar-refractivity contribution is 0.683. The molecule has 0 amide bonds. The Hall–Kier alpha value is -1.59. The van der Waals surface area contributed by atoms with Crippen molar-refractivity contribution in [2.75, 3.05) is 41.7 Å². The monoisotopic (exact) mass is 294 g/mol. The van der Waals surface area contributed by atoms with Crippen molar-refractivity contribution in [2.24, 2.45) is 0 Å². The van der Waals surface area contributed by atoms with Crippen LogP contribution in [0.25, 0.3) is 0 Å². The largest absolute Gasteiger partial charge is 0.354 e. The second kappa shape index (κ2) is 10.2. The van der Waals surface area contributed by atoms with Crippen molar-refractivity contribution in [3.63, 3.8) is 0 Å². The molecular weight excluding hydrogens is 264 g/mol. The van der Waals surface area contributed by atoms with E-state index in [4.69, 9.17) is 0 Å². The van der Waals surface area contributed by atoms with E-state index in [1.165, 1.54) is 19.3 Å². The molecule has 0 saturated heterocycles. The molecule has 0 bridgehead atoms. The van der Waals surface area contributed by atoms with E-state index in [1.54, 1.807) is 0 Å². The molecule has 6 nitrogen and oxygen atoms in total. The van der Waals surface area contributed by atoms with Crippen LogP contribution in [-0.2, 0) is 0 Å². The first kappa shape index (κ1) is 17.5. The minimum atomic E-state index is 0.644. The van der Waals surface area contributed by atoms with E-state index in [9.17, 15) is 0 Å². The van der Waals surface area contributed by atoms with Crippen LogP contribution in [0, 0.1) is 0 Å². The third kappa shape index (κ3) is 6.14. The van der Waals surface area contributed by atoms with Crippen molar-refractivity contribution < 1.29 is 0 Å². The summed E-state index contributed by atoms with van der Waals surface area (Å²) in [5.74, 6) is 2.05. The van der Waals surface area contributed by atoms with Crippen LogP contribution in [0.5, 0.6) is 0 Å². The van der Waals surface area contributed by atoms with Gasteiger partial charge in [0.25, 0.3) is 0 Å². The van der Waals surface area contributed by atoms with E-state index < -0.39 is 0 Å². The van der Waals surface area contributed by atoms with Gasteiger partial charge in [0.15, 0.2) is 0 Å². The van der Waals surface area contributed by atoms with Gasteiger partial charge < -0.3 is 15.5 Å². The smallest absolute Gasteiger partial charge is 0.231 e. The van der Waals surface area contributed by atoms with Gasteiger partial charge in [-0.1, -0.05) is 26.2 Å². The van der Waals surface area contributed by atoms with Crippen molar-refractivity contribution in [2.45, 2.75) is 53.4 Å². The molecule has 0 aliphatic carbocycles. The number of nitrogens with zero attached hydrogens (tertiary/aromatic N) is 4. The predicted molar refractivity (Wildman–Crippen MR) is 90.2 cm³/mol. The van der Waals surface area contributed by atoms with Crippen molar-refractivity contribution in [1.29, 1.82) is 0 Å². The molecular formula is C15H30N6. The fourth-order valence-corrected chi connectivity index (χ4v) is 2.08. The van der Waals surface area contributed by atoms with E-state index in [0.29, 0.717) is 11.9 Å². The average molecular weight is 294 g/mol. The Labute approximate surface area is 128 Å². The highest BCUT2D eigenvalue weighted by Gasteiger charge is 2.10. The Balaban J connectivity index is 2.72. The molecule has 0 unspecified atom stereocenters. The maximum absolute atomic E-state index is 4.53.